The number of benzene rings is 3. The molecule has 3 rings (SSSR count). The predicted octanol–water partition coefficient (Wildman–Crippen LogP) is 4.88. The Morgan fingerprint density at radius 2 is 1.66 bits per heavy atom. The fourth-order valence-electron chi connectivity index (χ4n) is 4.11. The highest BCUT2D eigenvalue weighted by atomic mass is 35.5. The maximum absolute atomic E-state index is 14.1. The van der Waals surface area contributed by atoms with Crippen LogP contribution in [-0.2, 0) is 26.2 Å². The molecule has 0 heterocycles. The van der Waals surface area contributed by atoms with Crippen molar-refractivity contribution in [2.75, 3.05) is 25.1 Å². The van der Waals surface area contributed by atoms with Crippen molar-refractivity contribution in [1.82, 2.24) is 10.2 Å². The quantitative estimate of drug-likeness (QED) is 0.299. The van der Waals surface area contributed by atoms with Crippen LogP contribution in [-0.4, -0.2) is 58.0 Å². The molecule has 41 heavy (non-hydrogen) atoms. The topological polar surface area (TPSA) is 105 Å². The van der Waals surface area contributed by atoms with Gasteiger partial charge in [-0.1, -0.05) is 48.9 Å². The van der Waals surface area contributed by atoms with E-state index in [1.807, 2.05) is 13.8 Å². The van der Waals surface area contributed by atoms with Crippen LogP contribution in [0.1, 0.15) is 32.8 Å². The fourth-order valence-corrected chi connectivity index (χ4v) is 5.71. The van der Waals surface area contributed by atoms with E-state index in [0.717, 1.165) is 4.31 Å². The third-order valence-corrected chi connectivity index (χ3v) is 8.68. The van der Waals surface area contributed by atoms with Gasteiger partial charge in [-0.2, -0.15) is 0 Å². The molecule has 0 saturated carbocycles. The predicted molar refractivity (Wildman–Crippen MR) is 160 cm³/mol. The van der Waals surface area contributed by atoms with Gasteiger partial charge in [0, 0.05) is 17.6 Å². The molecule has 0 unspecified atom stereocenters. The molecule has 0 aliphatic heterocycles. The number of amides is 2. The Labute approximate surface area is 247 Å². The van der Waals surface area contributed by atoms with E-state index in [0.29, 0.717) is 17.7 Å². The molecule has 9 nitrogen and oxygen atoms in total. The molecule has 0 aliphatic carbocycles. The maximum Gasteiger partial charge on any atom is 0.264 e. The number of hydrogen-bond acceptors (Lipinski definition) is 6. The summed E-state index contributed by atoms with van der Waals surface area (Å²) in [6.45, 7) is 4.86. The van der Waals surface area contributed by atoms with Crippen molar-refractivity contribution in [3.8, 4) is 11.5 Å². The molecular formula is C30H36ClN3O6S. The van der Waals surface area contributed by atoms with E-state index in [4.69, 9.17) is 21.1 Å². The monoisotopic (exact) mass is 601 g/mol. The Morgan fingerprint density at radius 1 is 0.951 bits per heavy atom. The largest absolute Gasteiger partial charge is 0.497 e. The summed E-state index contributed by atoms with van der Waals surface area (Å²) >= 11 is 6.27. The number of hydrogen-bond donors (Lipinski definition) is 1. The molecule has 0 fully saturated rings. The Hall–Kier alpha value is -3.76. The lowest BCUT2D eigenvalue weighted by atomic mass is 10.1. The van der Waals surface area contributed by atoms with Crippen LogP contribution in [0.4, 0.5) is 5.69 Å². The van der Waals surface area contributed by atoms with Gasteiger partial charge in [-0.15, -0.1) is 0 Å². The number of nitrogens with one attached hydrogen (secondary N) is 1. The number of nitrogens with zero attached hydrogens (tertiary/aromatic N) is 2. The van der Waals surface area contributed by atoms with Gasteiger partial charge in [0.25, 0.3) is 10.0 Å². The highest BCUT2D eigenvalue weighted by Gasteiger charge is 2.34. The lowest BCUT2D eigenvalue weighted by Crippen LogP contribution is -2.52. The number of methoxy groups -OCH3 is 2. The minimum atomic E-state index is -4.26. The van der Waals surface area contributed by atoms with Gasteiger partial charge in [0.15, 0.2) is 0 Å². The zero-order chi connectivity index (χ0) is 30.2. The molecule has 3 aromatic rings. The smallest absolute Gasteiger partial charge is 0.264 e. The molecule has 0 aromatic heterocycles. The minimum Gasteiger partial charge on any atom is -0.497 e. The summed E-state index contributed by atoms with van der Waals surface area (Å²) in [7, 11) is -1.32. The van der Waals surface area contributed by atoms with Gasteiger partial charge in [-0.25, -0.2) is 8.42 Å². The van der Waals surface area contributed by atoms with Gasteiger partial charge < -0.3 is 19.7 Å². The average Bonchev–Trinajstić information content (AvgIpc) is 2.98. The van der Waals surface area contributed by atoms with Gasteiger partial charge in [-0.05, 0) is 68.3 Å². The molecule has 0 radical (unpaired) electrons. The summed E-state index contributed by atoms with van der Waals surface area (Å²) in [5.74, 6) is -0.151. The molecule has 220 valence electrons. The summed E-state index contributed by atoms with van der Waals surface area (Å²) in [5.41, 5.74) is 0.800. The third kappa shape index (κ3) is 7.92. The van der Waals surface area contributed by atoms with Gasteiger partial charge in [0.2, 0.25) is 11.8 Å². The van der Waals surface area contributed by atoms with Crippen molar-refractivity contribution in [1.29, 1.82) is 0 Å². The van der Waals surface area contributed by atoms with Crippen LogP contribution in [0.5, 0.6) is 11.5 Å². The highest BCUT2D eigenvalue weighted by molar-refractivity contribution is 7.92. The van der Waals surface area contributed by atoms with Crippen LogP contribution in [0.2, 0.25) is 5.02 Å². The number of halogens is 1. The first-order valence-corrected chi connectivity index (χ1v) is 15.0. The van der Waals surface area contributed by atoms with Crippen LogP contribution < -0.4 is 19.1 Å². The second-order valence-electron chi connectivity index (χ2n) is 9.51. The number of carbonyl (C=O) groups excluding carboxylic acids is 2. The molecule has 1 N–H and O–H groups in total. The van der Waals surface area contributed by atoms with E-state index in [-0.39, 0.29) is 39.8 Å². The first kappa shape index (κ1) is 31.8. The van der Waals surface area contributed by atoms with Gasteiger partial charge >= 0.3 is 0 Å². The van der Waals surface area contributed by atoms with Gasteiger partial charge in [-0.3, -0.25) is 13.9 Å². The highest BCUT2D eigenvalue weighted by Crippen LogP contribution is 2.35. The van der Waals surface area contributed by atoms with Crippen LogP contribution in [0.3, 0.4) is 0 Å². The number of carbonyl (C=O) groups is 2. The Bertz CT molecular complexity index is 1450. The second kappa shape index (κ2) is 14.2. The summed E-state index contributed by atoms with van der Waals surface area (Å²) in [4.78, 5) is 28.6. The standard InChI is InChI=1S/C30H36ClN3O6S/c1-6-21(2)32-30(36)22(3)33(19-23-11-10-12-25(17-23)39-4)29(35)20-34(27-18-24(31)15-16-28(27)40-5)41(37,38)26-13-8-7-9-14-26/h7-18,21-22H,6,19-20H2,1-5H3,(H,32,36)/t21-,22-/m0/s1. The zero-order valence-corrected chi connectivity index (χ0v) is 25.4. The summed E-state index contributed by atoms with van der Waals surface area (Å²) in [6.07, 6.45) is 0.708. The van der Waals surface area contributed by atoms with E-state index in [2.05, 4.69) is 5.32 Å². The Kier molecular flexibility index (Phi) is 11.0. The number of rotatable bonds is 13. The number of anilines is 1. The number of ether oxygens (including phenoxy) is 2. The van der Waals surface area contributed by atoms with Gasteiger partial charge in [0.1, 0.15) is 24.1 Å². The lowest BCUT2D eigenvalue weighted by Gasteiger charge is -2.33. The van der Waals surface area contributed by atoms with E-state index in [1.165, 1.54) is 43.4 Å². The maximum atomic E-state index is 14.1. The van der Waals surface area contributed by atoms with Crippen LogP contribution in [0.25, 0.3) is 0 Å². The SMILES string of the molecule is CC[C@H](C)NC(=O)[C@H](C)N(Cc1cccc(OC)c1)C(=O)CN(c1cc(Cl)ccc1OC)S(=O)(=O)c1ccccc1. The normalized spacial score (nSPS) is 12.6. The first-order valence-electron chi connectivity index (χ1n) is 13.2. The van der Waals surface area contributed by atoms with E-state index < -0.39 is 28.5 Å². The molecule has 0 aliphatic rings. The third-order valence-electron chi connectivity index (χ3n) is 6.68. The molecule has 11 heteroatoms. The summed E-state index contributed by atoms with van der Waals surface area (Å²) < 4.78 is 39.7. The minimum absolute atomic E-state index is 0.0169. The second-order valence-corrected chi connectivity index (χ2v) is 11.8. The summed E-state index contributed by atoms with van der Waals surface area (Å²) in [6, 6.07) is 18.4. The van der Waals surface area contributed by atoms with Crippen molar-refractivity contribution in [2.45, 2.75) is 50.7 Å². The van der Waals surface area contributed by atoms with E-state index in [9.17, 15) is 18.0 Å². The van der Waals surface area contributed by atoms with Crippen molar-refractivity contribution in [3.63, 3.8) is 0 Å². The number of sulfonamides is 1. The lowest BCUT2D eigenvalue weighted by molar-refractivity contribution is -0.139. The Balaban J connectivity index is 2.09. The zero-order valence-electron chi connectivity index (χ0n) is 23.8. The molecule has 2 amide bonds. The molecular weight excluding hydrogens is 566 g/mol. The fraction of sp³-hybridized carbons (Fsp3) is 0.333. The van der Waals surface area contributed by atoms with Gasteiger partial charge in [0.05, 0.1) is 24.8 Å². The van der Waals surface area contributed by atoms with Crippen LogP contribution in [0, 0.1) is 0 Å². The van der Waals surface area contributed by atoms with Crippen molar-refractivity contribution >= 4 is 39.1 Å². The summed E-state index contributed by atoms with van der Waals surface area (Å²) in [5, 5.41) is 3.17. The van der Waals surface area contributed by atoms with Crippen molar-refractivity contribution < 1.29 is 27.5 Å². The molecule has 0 spiro atoms. The molecule has 2 atom stereocenters. The van der Waals surface area contributed by atoms with Crippen molar-refractivity contribution in [3.05, 3.63) is 83.4 Å². The van der Waals surface area contributed by atoms with E-state index in [1.54, 1.807) is 55.5 Å². The molecule has 0 bridgehead atoms. The van der Waals surface area contributed by atoms with Crippen LogP contribution in [0.15, 0.2) is 77.7 Å². The Morgan fingerprint density at radius 3 is 2.29 bits per heavy atom. The first-order chi connectivity index (χ1) is 19.5. The average molecular weight is 602 g/mol. The molecule has 0 saturated heterocycles. The van der Waals surface area contributed by atoms with E-state index >= 15 is 0 Å². The molecule has 3 aromatic carbocycles. The van der Waals surface area contributed by atoms with Crippen LogP contribution >= 0.6 is 11.6 Å². The van der Waals surface area contributed by atoms with Crippen molar-refractivity contribution in [2.24, 2.45) is 0 Å².